The topological polar surface area (TPSA) is 57.6 Å². The Hall–Kier alpha value is -1.84. The Balaban J connectivity index is 2.02. The van der Waals surface area contributed by atoms with Gasteiger partial charge in [-0.15, -0.1) is 0 Å². The zero-order valence-corrected chi connectivity index (χ0v) is 10.5. The lowest BCUT2D eigenvalue weighted by Crippen LogP contribution is -2.31. The molecule has 1 aliphatic carbocycles. The van der Waals surface area contributed by atoms with Gasteiger partial charge in [-0.25, -0.2) is 0 Å². The summed E-state index contributed by atoms with van der Waals surface area (Å²) in [7, 11) is 1.73. The molecule has 1 aromatic carbocycles. The highest BCUT2D eigenvalue weighted by atomic mass is 16.4. The van der Waals surface area contributed by atoms with Gasteiger partial charge in [-0.3, -0.25) is 9.59 Å². The molecule has 0 heterocycles. The number of amides is 1. The zero-order valence-electron chi connectivity index (χ0n) is 10.5. The average molecular weight is 247 g/mol. The molecular formula is C14H17NO3. The Kier molecular flexibility index (Phi) is 3.36. The van der Waals surface area contributed by atoms with E-state index in [1.165, 1.54) is 0 Å². The summed E-state index contributed by atoms with van der Waals surface area (Å²) in [6.07, 6.45) is 0.472. The number of hydrogen-bond acceptors (Lipinski definition) is 2. The maximum atomic E-state index is 12.1. The van der Waals surface area contributed by atoms with Crippen molar-refractivity contribution >= 4 is 11.9 Å². The summed E-state index contributed by atoms with van der Waals surface area (Å²) >= 11 is 0. The summed E-state index contributed by atoms with van der Waals surface area (Å²) < 4.78 is 0. The number of benzene rings is 1. The lowest BCUT2D eigenvalue weighted by atomic mass is 10.1. The van der Waals surface area contributed by atoms with Crippen LogP contribution in [0.1, 0.15) is 24.9 Å². The highest BCUT2D eigenvalue weighted by molar-refractivity contribution is 5.89. The predicted molar refractivity (Wildman–Crippen MR) is 66.9 cm³/mol. The lowest BCUT2D eigenvalue weighted by Gasteiger charge is -2.25. The van der Waals surface area contributed by atoms with Gasteiger partial charge in [0.25, 0.3) is 0 Å². The third-order valence-electron chi connectivity index (χ3n) is 3.64. The molecule has 0 saturated heterocycles. The van der Waals surface area contributed by atoms with Crippen LogP contribution in [0.15, 0.2) is 30.3 Å². The van der Waals surface area contributed by atoms with E-state index in [2.05, 4.69) is 0 Å². The minimum Gasteiger partial charge on any atom is -0.481 e. The van der Waals surface area contributed by atoms with Crippen LogP contribution in [-0.4, -0.2) is 28.9 Å². The first kappa shape index (κ1) is 12.6. The van der Waals surface area contributed by atoms with Crippen LogP contribution in [0, 0.1) is 11.8 Å². The molecular weight excluding hydrogens is 230 g/mol. The second kappa shape index (κ2) is 4.80. The Morgan fingerprint density at radius 3 is 2.39 bits per heavy atom. The largest absolute Gasteiger partial charge is 0.481 e. The fourth-order valence-electron chi connectivity index (χ4n) is 2.15. The van der Waals surface area contributed by atoms with Crippen molar-refractivity contribution in [3.8, 4) is 0 Å². The molecule has 1 N–H and O–H groups in total. The number of rotatable bonds is 4. The molecule has 4 heteroatoms. The highest BCUT2D eigenvalue weighted by Gasteiger charge is 2.49. The van der Waals surface area contributed by atoms with Crippen molar-refractivity contribution in [2.24, 2.45) is 11.8 Å². The van der Waals surface area contributed by atoms with Gasteiger partial charge in [0.15, 0.2) is 0 Å². The SMILES string of the molecule is CC(c1ccccc1)N(C)C(=O)[C@@H]1C[C@@H]1C(=O)O. The molecule has 2 rings (SSSR count). The molecule has 0 bridgehead atoms. The summed E-state index contributed by atoms with van der Waals surface area (Å²) in [6.45, 7) is 1.95. The van der Waals surface area contributed by atoms with Gasteiger partial charge >= 0.3 is 5.97 Å². The second-order valence-corrected chi connectivity index (χ2v) is 4.82. The molecule has 0 aliphatic heterocycles. The van der Waals surface area contributed by atoms with E-state index >= 15 is 0 Å². The number of aliphatic carboxylic acids is 1. The first-order valence-corrected chi connectivity index (χ1v) is 6.06. The maximum absolute atomic E-state index is 12.1. The molecule has 1 aromatic rings. The Morgan fingerprint density at radius 1 is 1.28 bits per heavy atom. The molecule has 18 heavy (non-hydrogen) atoms. The van der Waals surface area contributed by atoms with Crippen LogP contribution in [0.25, 0.3) is 0 Å². The number of carboxylic acids is 1. The van der Waals surface area contributed by atoms with Gasteiger partial charge in [-0.2, -0.15) is 0 Å². The van der Waals surface area contributed by atoms with Crippen molar-refractivity contribution in [2.75, 3.05) is 7.05 Å². The molecule has 0 spiro atoms. The summed E-state index contributed by atoms with van der Waals surface area (Å²) in [5.41, 5.74) is 1.06. The maximum Gasteiger partial charge on any atom is 0.307 e. The molecule has 1 saturated carbocycles. The zero-order chi connectivity index (χ0) is 13.3. The Morgan fingerprint density at radius 2 is 1.89 bits per heavy atom. The molecule has 96 valence electrons. The normalized spacial score (nSPS) is 23.2. The van der Waals surface area contributed by atoms with E-state index in [1.54, 1.807) is 11.9 Å². The summed E-state index contributed by atoms with van der Waals surface area (Å²) in [6, 6.07) is 9.70. The van der Waals surface area contributed by atoms with Crippen LogP contribution in [0.5, 0.6) is 0 Å². The molecule has 1 amide bonds. The van der Waals surface area contributed by atoms with E-state index in [4.69, 9.17) is 5.11 Å². The van der Waals surface area contributed by atoms with Crippen molar-refractivity contribution < 1.29 is 14.7 Å². The number of hydrogen-bond donors (Lipinski definition) is 1. The minimum atomic E-state index is -0.867. The predicted octanol–water partition coefficient (Wildman–Crippen LogP) is 1.93. The van der Waals surface area contributed by atoms with Gasteiger partial charge in [0.05, 0.1) is 17.9 Å². The molecule has 4 nitrogen and oxygen atoms in total. The smallest absolute Gasteiger partial charge is 0.307 e. The average Bonchev–Trinajstić information content (AvgIpc) is 3.17. The molecule has 0 aromatic heterocycles. The fraction of sp³-hybridized carbons (Fsp3) is 0.429. The van der Waals surface area contributed by atoms with Crippen molar-refractivity contribution in [1.82, 2.24) is 4.90 Å². The molecule has 1 fully saturated rings. The first-order valence-electron chi connectivity index (χ1n) is 6.06. The second-order valence-electron chi connectivity index (χ2n) is 4.82. The van der Waals surface area contributed by atoms with E-state index in [-0.39, 0.29) is 17.9 Å². The van der Waals surface area contributed by atoms with Crippen molar-refractivity contribution in [3.63, 3.8) is 0 Å². The van der Waals surface area contributed by atoms with Gasteiger partial charge in [-0.05, 0) is 18.9 Å². The van der Waals surface area contributed by atoms with E-state index in [1.807, 2.05) is 37.3 Å². The van der Waals surface area contributed by atoms with Gasteiger partial charge in [0, 0.05) is 7.05 Å². The van der Waals surface area contributed by atoms with Crippen LogP contribution >= 0.6 is 0 Å². The summed E-state index contributed by atoms with van der Waals surface area (Å²) in [4.78, 5) is 24.5. The van der Waals surface area contributed by atoms with Crippen LogP contribution in [0.3, 0.4) is 0 Å². The highest BCUT2D eigenvalue weighted by Crippen LogP contribution is 2.41. The monoisotopic (exact) mass is 247 g/mol. The Labute approximate surface area is 106 Å². The summed E-state index contributed by atoms with van der Waals surface area (Å²) in [5.74, 6) is -1.76. The minimum absolute atomic E-state index is 0.0336. The number of carbonyl (C=O) groups excluding carboxylic acids is 1. The third kappa shape index (κ3) is 2.37. The molecule has 0 radical (unpaired) electrons. The van der Waals surface area contributed by atoms with Crippen molar-refractivity contribution in [2.45, 2.75) is 19.4 Å². The molecule has 1 unspecified atom stereocenters. The van der Waals surface area contributed by atoms with E-state index in [9.17, 15) is 9.59 Å². The van der Waals surface area contributed by atoms with E-state index in [0.717, 1.165) is 5.56 Å². The van der Waals surface area contributed by atoms with Crippen LogP contribution in [0.4, 0.5) is 0 Å². The van der Waals surface area contributed by atoms with Crippen LogP contribution in [-0.2, 0) is 9.59 Å². The standard InChI is InChI=1S/C14H17NO3/c1-9(10-6-4-3-5-7-10)15(2)13(16)11-8-12(11)14(17)18/h3-7,9,11-12H,8H2,1-2H3,(H,17,18)/t9?,11-,12+/m1/s1. The number of carboxylic acid groups (broad SMARTS) is 1. The lowest BCUT2D eigenvalue weighted by molar-refractivity contribution is -0.142. The van der Waals surface area contributed by atoms with Gasteiger partial charge < -0.3 is 10.0 Å². The van der Waals surface area contributed by atoms with E-state index < -0.39 is 11.9 Å². The molecule has 1 aliphatic rings. The van der Waals surface area contributed by atoms with Crippen molar-refractivity contribution in [3.05, 3.63) is 35.9 Å². The first-order chi connectivity index (χ1) is 8.52. The summed E-state index contributed by atoms with van der Waals surface area (Å²) in [5, 5.41) is 8.84. The van der Waals surface area contributed by atoms with E-state index in [0.29, 0.717) is 6.42 Å². The van der Waals surface area contributed by atoms with Gasteiger partial charge in [0.2, 0.25) is 5.91 Å². The quantitative estimate of drug-likeness (QED) is 0.884. The van der Waals surface area contributed by atoms with Crippen LogP contribution < -0.4 is 0 Å². The fourth-order valence-corrected chi connectivity index (χ4v) is 2.15. The van der Waals surface area contributed by atoms with Crippen molar-refractivity contribution in [1.29, 1.82) is 0 Å². The van der Waals surface area contributed by atoms with Crippen LogP contribution in [0.2, 0.25) is 0 Å². The van der Waals surface area contributed by atoms with Gasteiger partial charge in [0.1, 0.15) is 0 Å². The van der Waals surface area contributed by atoms with Gasteiger partial charge in [-0.1, -0.05) is 30.3 Å². The number of nitrogens with zero attached hydrogens (tertiary/aromatic N) is 1. The molecule has 3 atom stereocenters. The Bertz CT molecular complexity index is 457. The third-order valence-corrected chi connectivity index (χ3v) is 3.64. The number of carbonyl (C=O) groups is 2.